The molecule has 0 fully saturated rings. The molecule has 2 rings (SSSR count). The van der Waals surface area contributed by atoms with Gasteiger partial charge in [-0.1, -0.05) is 35.9 Å². The van der Waals surface area contributed by atoms with Crippen LogP contribution in [0.15, 0.2) is 48.5 Å². The number of nitrogens with one attached hydrogen (secondary N) is 3. The maximum Gasteiger partial charge on any atom is 0.319 e. The summed E-state index contributed by atoms with van der Waals surface area (Å²) in [6.45, 7) is 3.71. The van der Waals surface area contributed by atoms with E-state index in [4.69, 9.17) is 11.6 Å². The minimum Gasteiger partial charge on any atom is -0.348 e. The highest BCUT2D eigenvalue weighted by molar-refractivity contribution is 6.30. The van der Waals surface area contributed by atoms with Gasteiger partial charge in [-0.15, -0.1) is 0 Å². The lowest BCUT2D eigenvalue weighted by Crippen LogP contribution is -2.39. The molecular formula is C18H20ClN3O2. The number of halogens is 1. The third-order valence-corrected chi connectivity index (χ3v) is 3.68. The van der Waals surface area contributed by atoms with Gasteiger partial charge < -0.3 is 16.0 Å². The fourth-order valence-corrected chi connectivity index (χ4v) is 2.31. The number of benzene rings is 2. The summed E-state index contributed by atoms with van der Waals surface area (Å²) in [5.74, 6) is -0.267. The number of hydrogen-bond donors (Lipinski definition) is 3. The zero-order valence-corrected chi connectivity index (χ0v) is 14.4. The van der Waals surface area contributed by atoms with Crippen LogP contribution in [0, 0.1) is 6.92 Å². The lowest BCUT2D eigenvalue weighted by Gasteiger charge is -2.15. The molecule has 126 valence electrons. The van der Waals surface area contributed by atoms with Crippen LogP contribution >= 0.6 is 11.6 Å². The molecule has 0 saturated carbocycles. The van der Waals surface area contributed by atoms with Crippen molar-refractivity contribution in [3.63, 3.8) is 0 Å². The maximum atomic E-state index is 11.9. The van der Waals surface area contributed by atoms with Crippen LogP contribution in [0.3, 0.4) is 0 Å². The topological polar surface area (TPSA) is 70.2 Å². The number of carbonyl (C=O) groups is 2. The summed E-state index contributed by atoms with van der Waals surface area (Å²) >= 11 is 5.84. The van der Waals surface area contributed by atoms with Crippen LogP contribution in [0.2, 0.25) is 5.02 Å². The first-order chi connectivity index (χ1) is 11.4. The van der Waals surface area contributed by atoms with E-state index in [9.17, 15) is 9.59 Å². The van der Waals surface area contributed by atoms with Crippen LogP contribution in [-0.2, 0) is 4.79 Å². The van der Waals surface area contributed by atoms with Crippen molar-refractivity contribution in [1.82, 2.24) is 10.6 Å². The van der Waals surface area contributed by atoms with Crippen LogP contribution in [0.5, 0.6) is 0 Å². The molecule has 0 radical (unpaired) electrons. The van der Waals surface area contributed by atoms with Gasteiger partial charge >= 0.3 is 6.03 Å². The summed E-state index contributed by atoms with van der Waals surface area (Å²) in [5, 5.41) is 8.68. The van der Waals surface area contributed by atoms with E-state index in [1.807, 2.05) is 44.2 Å². The average molecular weight is 346 g/mol. The van der Waals surface area contributed by atoms with Crippen molar-refractivity contribution in [2.24, 2.45) is 0 Å². The summed E-state index contributed by atoms with van der Waals surface area (Å²) in [6.07, 6.45) is 0. The predicted molar refractivity (Wildman–Crippen MR) is 96.2 cm³/mol. The molecule has 2 aromatic rings. The number of anilines is 1. The molecule has 0 spiro atoms. The van der Waals surface area contributed by atoms with Gasteiger partial charge in [-0.3, -0.25) is 4.79 Å². The minimum absolute atomic E-state index is 0.102. The Morgan fingerprint density at radius 3 is 2.50 bits per heavy atom. The normalized spacial score (nSPS) is 11.5. The first-order valence-electron chi connectivity index (χ1n) is 7.60. The molecule has 0 aliphatic rings. The van der Waals surface area contributed by atoms with Gasteiger partial charge in [0.2, 0.25) is 5.91 Å². The first-order valence-corrected chi connectivity index (χ1v) is 7.98. The van der Waals surface area contributed by atoms with Crippen molar-refractivity contribution in [2.45, 2.75) is 19.9 Å². The van der Waals surface area contributed by atoms with Gasteiger partial charge in [-0.05, 0) is 49.2 Å². The second-order valence-corrected chi connectivity index (χ2v) is 5.95. The predicted octanol–water partition coefficient (Wildman–Crippen LogP) is 3.65. The highest BCUT2D eigenvalue weighted by atomic mass is 35.5. The summed E-state index contributed by atoms with van der Waals surface area (Å²) in [6, 6.07) is 14.1. The first kappa shape index (κ1) is 17.8. The Bertz CT molecular complexity index is 716. The number of aryl methyl sites for hydroxylation is 1. The highest BCUT2D eigenvalue weighted by Crippen LogP contribution is 2.15. The van der Waals surface area contributed by atoms with Crippen molar-refractivity contribution in [3.8, 4) is 0 Å². The molecular weight excluding hydrogens is 326 g/mol. The second-order valence-electron chi connectivity index (χ2n) is 5.52. The van der Waals surface area contributed by atoms with Crippen molar-refractivity contribution < 1.29 is 9.59 Å². The summed E-state index contributed by atoms with van der Waals surface area (Å²) in [4.78, 5) is 23.7. The van der Waals surface area contributed by atoms with Gasteiger partial charge in [0.1, 0.15) is 0 Å². The van der Waals surface area contributed by atoms with Crippen LogP contribution in [-0.4, -0.2) is 18.5 Å². The van der Waals surface area contributed by atoms with E-state index in [1.54, 1.807) is 18.2 Å². The number of hydrogen-bond acceptors (Lipinski definition) is 2. The third-order valence-electron chi connectivity index (χ3n) is 3.43. The van der Waals surface area contributed by atoms with E-state index in [-0.39, 0.29) is 18.5 Å². The highest BCUT2D eigenvalue weighted by Gasteiger charge is 2.10. The SMILES string of the molecule is Cc1cccc(NC(=O)NCC(=O)NC(C)c2ccc(Cl)cc2)c1. The van der Waals surface area contributed by atoms with Crippen LogP contribution < -0.4 is 16.0 Å². The molecule has 5 nitrogen and oxygen atoms in total. The Hall–Kier alpha value is -2.53. The molecule has 0 aliphatic carbocycles. The third kappa shape index (κ3) is 5.59. The monoisotopic (exact) mass is 345 g/mol. The maximum absolute atomic E-state index is 11.9. The molecule has 24 heavy (non-hydrogen) atoms. The fourth-order valence-electron chi connectivity index (χ4n) is 2.19. The van der Waals surface area contributed by atoms with Crippen LogP contribution in [0.4, 0.5) is 10.5 Å². The fraction of sp³-hybridized carbons (Fsp3) is 0.222. The van der Waals surface area contributed by atoms with Gasteiger partial charge in [0.05, 0.1) is 12.6 Å². The van der Waals surface area contributed by atoms with Crippen LogP contribution in [0.1, 0.15) is 24.1 Å². The van der Waals surface area contributed by atoms with Crippen molar-refractivity contribution in [2.75, 3.05) is 11.9 Å². The van der Waals surface area contributed by atoms with E-state index in [0.717, 1.165) is 11.1 Å². The number of urea groups is 1. The van der Waals surface area contributed by atoms with Crippen molar-refractivity contribution >= 4 is 29.2 Å². The second kappa shape index (κ2) is 8.36. The van der Waals surface area contributed by atoms with Crippen molar-refractivity contribution in [3.05, 3.63) is 64.7 Å². The Kier molecular flexibility index (Phi) is 6.21. The molecule has 0 bridgehead atoms. The van der Waals surface area contributed by atoms with E-state index in [2.05, 4.69) is 16.0 Å². The molecule has 2 aromatic carbocycles. The Morgan fingerprint density at radius 1 is 1.12 bits per heavy atom. The molecule has 3 N–H and O–H groups in total. The Balaban J connectivity index is 1.78. The summed E-state index contributed by atoms with van der Waals surface area (Å²) < 4.78 is 0. The molecule has 0 saturated heterocycles. The Labute approximate surface area is 146 Å². The molecule has 0 heterocycles. The zero-order chi connectivity index (χ0) is 17.5. The summed E-state index contributed by atoms with van der Waals surface area (Å²) in [5.41, 5.74) is 2.67. The van der Waals surface area contributed by atoms with Crippen molar-refractivity contribution in [1.29, 1.82) is 0 Å². The summed E-state index contributed by atoms with van der Waals surface area (Å²) in [7, 11) is 0. The smallest absolute Gasteiger partial charge is 0.319 e. The standard InChI is InChI=1S/C18H20ClN3O2/c1-12-4-3-5-16(10-12)22-18(24)20-11-17(23)21-13(2)14-6-8-15(19)9-7-14/h3-10,13H,11H2,1-2H3,(H,21,23)(H2,20,22,24). The molecule has 1 atom stereocenters. The van der Waals surface area contributed by atoms with Gasteiger partial charge in [0, 0.05) is 10.7 Å². The number of amides is 3. The average Bonchev–Trinajstić information content (AvgIpc) is 2.53. The molecule has 3 amide bonds. The van der Waals surface area contributed by atoms with E-state index in [1.165, 1.54) is 0 Å². The van der Waals surface area contributed by atoms with Gasteiger partial charge in [0.25, 0.3) is 0 Å². The molecule has 0 aliphatic heterocycles. The minimum atomic E-state index is -0.421. The van der Waals surface area contributed by atoms with E-state index in [0.29, 0.717) is 10.7 Å². The number of rotatable bonds is 5. The van der Waals surface area contributed by atoms with Gasteiger partial charge in [-0.2, -0.15) is 0 Å². The van der Waals surface area contributed by atoms with Crippen LogP contribution in [0.25, 0.3) is 0 Å². The van der Waals surface area contributed by atoms with E-state index < -0.39 is 6.03 Å². The zero-order valence-electron chi connectivity index (χ0n) is 13.6. The largest absolute Gasteiger partial charge is 0.348 e. The lowest BCUT2D eigenvalue weighted by atomic mass is 10.1. The molecule has 1 unspecified atom stereocenters. The van der Waals surface area contributed by atoms with Gasteiger partial charge in [-0.25, -0.2) is 4.79 Å². The molecule has 0 aromatic heterocycles. The molecule has 6 heteroatoms. The lowest BCUT2D eigenvalue weighted by molar-refractivity contribution is -0.120. The van der Waals surface area contributed by atoms with E-state index >= 15 is 0 Å². The Morgan fingerprint density at radius 2 is 1.83 bits per heavy atom. The number of carbonyl (C=O) groups excluding carboxylic acids is 2. The quantitative estimate of drug-likeness (QED) is 0.774. The van der Waals surface area contributed by atoms with Gasteiger partial charge in [0.15, 0.2) is 0 Å².